The summed E-state index contributed by atoms with van der Waals surface area (Å²) in [5, 5.41) is 0. The van der Waals surface area contributed by atoms with E-state index in [1.165, 1.54) is 32.1 Å². The van der Waals surface area contributed by atoms with Crippen molar-refractivity contribution in [1.82, 2.24) is 0 Å². The van der Waals surface area contributed by atoms with Crippen molar-refractivity contribution in [3.05, 3.63) is 11.6 Å². The topological polar surface area (TPSA) is 0 Å². The van der Waals surface area contributed by atoms with Gasteiger partial charge in [0.05, 0.1) is 0 Å². The standard InChI is InChI=1S/C10H14/c1-2-3-7-10-8-5-4-6-9-10/h7H,4-6,8-9H2,1H3. The molecule has 0 unspecified atom stereocenters. The molecule has 1 rings (SSSR count). The minimum atomic E-state index is 1.29. The second kappa shape index (κ2) is 4.17. The average Bonchev–Trinajstić information content (AvgIpc) is 2.03. The summed E-state index contributed by atoms with van der Waals surface area (Å²) in [5.41, 5.74) is 1.56. The highest BCUT2D eigenvalue weighted by atomic mass is 14.1. The third-order valence-electron chi connectivity index (χ3n) is 1.92. The maximum atomic E-state index is 3.01. The molecule has 0 aromatic carbocycles. The molecule has 0 aromatic rings. The lowest BCUT2D eigenvalue weighted by Gasteiger charge is -2.11. The largest absolute Gasteiger partial charge is 0.102 e. The molecule has 54 valence electrons. The summed E-state index contributed by atoms with van der Waals surface area (Å²) in [6.45, 7) is 1.89. The molecule has 1 aliphatic rings. The molecule has 0 saturated heterocycles. The van der Waals surface area contributed by atoms with Crippen molar-refractivity contribution in [3.8, 4) is 11.8 Å². The molecule has 0 aliphatic heterocycles. The molecule has 0 heterocycles. The van der Waals surface area contributed by atoms with Crippen LogP contribution in [-0.4, -0.2) is 0 Å². The van der Waals surface area contributed by atoms with Crippen LogP contribution in [0.5, 0.6) is 0 Å². The summed E-state index contributed by atoms with van der Waals surface area (Å²) in [4.78, 5) is 0. The number of hydrogen-bond acceptors (Lipinski definition) is 0. The average molecular weight is 134 g/mol. The molecule has 0 nitrogen and oxygen atoms in total. The molecular weight excluding hydrogens is 120 g/mol. The molecule has 0 amide bonds. The molecule has 0 N–H and O–H groups in total. The smallest absolute Gasteiger partial charge is 0.00235 e. The Bertz CT molecular complexity index is 168. The van der Waals surface area contributed by atoms with Crippen LogP contribution in [0.2, 0.25) is 0 Å². The minimum absolute atomic E-state index is 1.29. The third kappa shape index (κ3) is 2.27. The molecule has 10 heavy (non-hydrogen) atoms. The van der Waals surface area contributed by atoms with Crippen molar-refractivity contribution in [2.75, 3.05) is 0 Å². The van der Waals surface area contributed by atoms with Gasteiger partial charge in [0, 0.05) is 0 Å². The third-order valence-corrected chi connectivity index (χ3v) is 1.92. The van der Waals surface area contributed by atoms with Crippen LogP contribution in [0.4, 0.5) is 0 Å². The van der Waals surface area contributed by atoms with Gasteiger partial charge in [-0.15, -0.1) is 5.92 Å². The Morgan fingerprint density at radius 1 is 1.20 bits per heavy atom. The van der Waals surface area contributed by atoms with Crippen LogP contribution in [0.1, 0.15) is 39.0 Å². The molecular formula is C10H14. The summed E-state index contributed by atoms with van der Waals surface area (Å²) >= 11 is 0. The fourth-order valence-electron chi connectivity index (χ4n) is 1.32. The van der Waals surface area contributed by atoms with E-state index in [9.17, 15) is 0 Å². The van der Waals surface area contributed by atoms with Crippen LogP contribution in [0.15, 0.2) is 11.6 Å². The van der Waals surface area contributed by atoms with Gasteiger partial charge in [0.15, 0.2) is 0 Å². The summed E-state index contributed by atoms with van der Waals surface area (Å²) in [6, 6.07) is 0. The first kappa shape index (κ1) is 7.41. The van der Waals surface area contributed by atoms with Gasteiger partial charge < -0.3 is 0 Å². The van der Waals surface area contributed by atoms with Gasteiger partial charge in [-0.2, -0.15) is 0 Å². The molecule has 1 aliphatic carbocycles. The maximum Gasteiger partial charge on any atom is -0.00235 e. The van der Waals surface area contributed by atoms with Gasteiger partial charge in [0.2, 0.25) is 0 Å². The molecule has 0 spiro atoms. The van der Waals surface area contributed by atoms with E-state index < -0.39 is 0 Å². The highest BCUT2D eigenvalue weighted by Gasteiger charge is 2.02. The van der Waals surface area contributed by atoms with Crippen LogP contribution in [0, 0.1) is 11.8 Å². The Kier molecular flexibility index (Phi) is 3.09. The van der Waals surface area contributed by atoms with Gasteiger partial charge in [0.25, 0.3) is 0 Å². The predicted octanol–water partition coefficient (Wildman–Crippen LogP) is 2.90. The number of hydrogen-bond donors (Lipinski definition) is 0. The molecule has 0 heteroatoms. The van der Waals surface area contributed by atoms with Crippen molar-refractivity contribution in [2.24, 2.45) is 0 Å². The van der Waals surface area contributed by atoms with E-state index >= 15 is 0 Å². The van der Waals surface area contributed by atoms with Gasteiger partial charge in [-0.25, -0.2) is 0 Å². The van der Waals surface area contributed by atoms with E-state index in [2.05, 4.69) is 17.9 Å². The quantitative estimate of drug-likeness (QED) is 0.447. The van der Waals surface area contributed by atoms with E-state index in [-0.39, 0.29) is 0 Å². The number of allylic oxidation sites excluding steroid dienone is 2. The zero-order valence-electron chi connectivity index (χ0n) is 6.61. The first-order valence-corrected chi connectivity index (χ1v) is 4.03. The van der Waals surface area contributed by atoms with Crippen molar-refractivity contribution < 1.29 is 0 Å². The zero-order chi connectivity index (χ0) is 7.23. The Morgan fingerprint density at radius 2 is 1.90 bits per heavy atom. The van der Waals surface area contributed by atoms with Crippen molar-refractivity contribution >= 4 is 0 Å². The molecule has 1 fully saturated rings. The van der Waals surface area contributed by atoms with Crippen molar-refractivity contribution in [3.63, 3.8) is 0 Å². The van der Waals surface area contributed by atoms with E-state index in [1.54, 1.807) is 5.57 Å². The number of rotatable bonds is 0. The monoisotopic (exact) mass is 134 g/mol. The van der Waals surface area contributed by atoms with E-state index in [0.29, 0.717) is 0 Å². The zero-order valence-corrected chi connectivity index (χ0v) is 6.61. The first-order valence-electron chi connectivity index (χ1n) is 4.03. The lowest BCUT2D eigenvalue weighted by atomic mass is 9.95. The second-order valence-electron chi connectivity index (χ2n) is 2.76. The Morgan fingerprint density at radius 3 is 2.50 bits per heavy atom. The lowest BCUT2D eigenvalue weighted by molar-refractivity contribution is 0.599. The summed E-state index contributed by atoms with van der Waals surface area (Å²) in [5.74, 6) is 5.89. The van der Waals surface area contributed by atoms with Crippen LogP contribution in [0.3, 0.4) is 0 Å². The molecule has 0 radical (unpaired) electrons. The van der Waals surface area contributed by atoms with Crippen molar-refractivity contribution in [2.45, 2.75) is 39.0 Å². The fourth-order valence-corrected chi connectivity index (χ4v) is 1.32. The first-order chi connectivity index (χ1) is 4.93. The Balaban J connectivity index is 2.42. The van der Waals surface area contributed by atoms with Gasteiger partial charge in [0.1, 0.15) is 0 Å². The van der Waals surface area contributed by atoms with Gasteiger partial charge >= 0.3 is 0 Å². The normalized spacial score (nSPS) is 17.5. The molecule has 0 aromatic heterocycles. The molecule has 0 bridgehead atoms. The highest BCUT2D eigenvalue weighted by Crippen LogP contribution is 2.21. The Labute approximate surface area is 63.3 Å². The Hall–Kier alpha value is -0.700. The predicted molar refractivity (Wildman–Crippen MR) is 44.6 cm³/mol. The summed E-state index contributed by atoms with van der Waals surface area (Å²) < 4.78 is 0. The second-order valence-corrected chi connectivity index (χ2v) is 2.76. The van der Waals surface area contributed by atoms with E-state index in [1.807, 2.05) is 6.92 Å². The van der Waals surface area contributed by atoms with E-state index in [0.717, 1.165) is 0 Å². The van der Waals surface area contributed by atoms with Gasteiger partial charge in [-0.3, -0.25) is 0 Å². The van der Waals surface area contributed by atoms with E-state index in [4.69, 9.17) is 0 Å². The van der Waals surface area contributed by atoms with Gasteiger partial charge in [-0.1, -0.05) is 17.9 Å². The van der Waals surface area contributed by atoms with Crippen LogP contribution in [0.25, 0.3) is 0 Å². The molecule has 1 saturated carbocycles. The summed E-state index contributed by atoms with van der Waals surface area (Å²) in [7, 11) is 0. The SMILES string of the molecule is CC#CC=C1CCCCC1. The lowest BCUT2D eigenvalue weighted by Crippen LogP contribution is -1.92. The van der Waals surface area contributed by atoms with Crippen LogP contribution < -0.4 is 0 Å². The highest BCUT2D eigenvalue weighted by molar-refractivity contribution is 5.21. The van der Waals surface area contributed by atoms with Crippen LogP contribution >= 0.6 is 0 Å². The minimum Gasteiger partial charge on any atom is -0.102 e. The van der Waals surface area contributed by atoms with Crippen LogP contribution in [-0.2, 0) is 0 Å². The fraction of sp³-hybridized carbons (Fsp3) is 0.600. The maximum absolute atomic E-state index is 3.01. The van der Waals surface area contributed by atoms with Gasteiger partial charge in [-0.05, 0) is 38.7 Å². The van der Waals surface area contributed by atoms with Crippen molar-refractivity contribution in [1.29, 1.82) is 0 Å². The summed E-state index contributed by atoms with van der Waals surface area (Å²) in [6.07, 6.45) is 8.83. The molecule has 0 atom stereocenters.